The Hall–Kier alpha value is -2.76. The number of phenols is 1. The summed E-state index contributed by atoms with van der Waals surface area (Å²) in [6, 6.07) is 3.15. The lowest BCUT2D eigenvalue weighted by atomic mass is 9.67. The van der Waals surface area contributed by atoms with Crippen molar-refractivity contribution in [2.45, 2.75) is 38.2 Å². The number of rotatable bonds is 3. The summed E-state index contributed by atoms with van der Waals surface area (Å²) in [7, 11) is 0. The number of aromatic hydroxyl groups is 1. The van der Waals surface area contributed by atoms with Crippen molar-refractivity contribution in [3.8, 4) is 11.5 Å². The molecular formula is C19H20O6. The van der Waals surface area contributed by atoms with Crippen LogP contribution in [0.1, 0.15) is 43.7 Å². The third-order valence-corrected chi connectivity index (χ3v) is 4.97. The average Bonchev–Trinajstić information content (AvgIpc) is 2.51. The van der Waals surface area contributed by atoms with Gasteiger partial charge in [-0.15, -0.1) is 0 Å². The second-order valence-corrected chi connectivity index (χ2v) is 7.00. The van der Waals surface area contributed by atoms with Crippen molar-refractivity contribution >= 4 is 18.0 Å². The number of carboxylic acids is 2. The van der Waals surface area contributed by atoms with E-state index in [2.05, 4.69) is 0 Å². The van der Waals surface area contributed by atoms with Gasteiger partial charge in [-0.2, -0.15) is 0 Å². The number of aliphatic carboxylic acids is 2. The number of hydrogen-bond donors (Lipinski definition) is 3. The molecule has 25 heavy (non-hydrogen) atoms. The highest BCUT2D eigenvalue weighted by atomic mass is 16.5. The zero-order valence-electron chi connectivity index (χ0n) is 14.0. The van der Waals surface area contributed by atoms with Crippen LogP contribution in [0.15, 0.2) is 29.9 Å². The summed E-state index contributed by atoms with van der Waals surface area (Å²) in [6.07, 6.45) is 5.21. The molecule has 0 fully saturated rings. The summed E-state index contributed by atoms with van der Waals surface area (Å²) in [5, 5.41) is 28.6. The second kappa shape index (κ2) is 5.95. The summed E-state index contributed by atoms with van der Waals surface area (Å²) in [6.45, 7) is 3.90. The molecule has 0 bridgehead atoms. The normalized spacial score (nSPS) is 24.0. The smallest absolute Gasteiger partial charge is 0.331 e. The Bertz CT molecular complexity index is 802. The molecule has 2 unspecified atom stereocenters. The van der Waals surface area contributed by atoms with Crippen LogP contribution in [0.4, 0.5) is 0 Å². The van der Waals surface area contributed by atoms with Gasteiger partial charge in [0.15, 0.2) is 0 Å². The fraction of sp³-hybridized carbons (Fsp3) is 0.368. The van der Waals surface area contributed by atoms with E-state index < -0.39 is 17.5 Å². The predicted octanol–water partition coefficient (Wildman–Crippen LogP) is 3.17. The van der Waals surface area contributed by atoms with Gasteiger partial charge in [0.05, 0.1) is 0 Å². The zero-order chi connectivity index (χ0) is 18.4. The second-order valence-electron chi connectivity index (χ2n) is 7.00. The van der Waals surface area contributed by atoms with Crippen molar-refractivity contribution in [2.24, 2.45) is 5.92 Å². The summed E-state index contributed by atoms with van der Waals surface area (Å²) in [4.78, 5) is 22.1. The fourth-order valence-corrected chi connectivity index (χ4v) is 3.82. The average molecular weight is 344 g/mol. The molecule has 1 aromatic carbocycles. The Labute approximate surface area is 145 Å². The zero-order valence-corrected chi connectivity index (χ0v) is 14.0. The van der Waals surface area contributed by atoms with Crippen molar-refractivity contribution in [1.29, 1.82) is 0 Å². The van der Waals surface area contributed by atoms with E-state index >= 15 is 0 Å². The van der Waals surface area contributed by atoms with Crippen LogP contribution < -0.4 is 4.74 Å². The van der Waals surface area contributed by atoms with Gasteiger partial charge in [-0.25, -0.2) is 9.59 Å². The third-order valence-electron chi connectivity index (χ3n) is 4.97. The first-order chi connectivity index (χ1) is 11.7. The van der Waals surface area contributed by atoms with Gasteiger partial charge in [-0.3, -0.25) is 0 Å². The molecule has 0 amide bonds. The predicted molar refractivity (Wildman–Crippen MR) is 90.7 cm³/mol. The number of phenolic OH excluding ortho intramolecular Hbond substituents is 1. The lowest BCUT2D eigenvalue weighted by Crippen LogP contribution is -2.45. The van der Waals surface area contributed by atoms with Crippen LogP contribution in [-0.2, 0) is 9.59 Å². The third kappa shape index (κ3) is 3.12. The Morgan fingerprint density at radius 2 is 2.00 bits per heavy atom. The van der Waals surface area contributed by atoms with Crippen molar-refractivity contribution < 1.29 is 29.6 Å². The van der Waals surface area contributed by atoms with Crippen molar-refractivity contribution in [2.75, 3.05) is 0 Å². The molecule has 0 spiro atoms. The Kier molecular flexibility index (Phi) is 4.06. The molecule has 0 aromatic heterocycles. The first-order valence-electron chi connectivity index (χ1n) is 8.10. The highest BCUT2D eigenvalue weighted by Gasteiger charge is 2.46. The van der Waals surface area contributed by atoms with Gasteiger partial charge in [0.25, 0.3) is 0 Å². The van der Waals surface area contributed by atoms with Gasteiger partial charge in [0.2, 0.25) is 0 Å². The maximum absolute atomic E-state index is 11.4. The lowest BCUT2D eigenvalue weighted by Gasteiger charge is -2.46. The van der Waals surface area contributed by atoms with Gasteiger partial charge in [-0.1, -0.05) is 6.08 Å². The number of allylic oxidation sites excluding steroid dienone is 1. The SMILES string of the molecule is CC1(C)Oc2cc(/C=C/C(=O)O)cc(O)c2C2C=C(C(=O)O)CCC21. The number of hydrogen-bond acceptors (Lipinski definition) is 4. The van der Waals surface area contributed by atoms with E-state index in [-0.39, 0.29) is 17.6 Å². The van der Waals surface area contributed by atoms with Gasteiger partial charge in [0, 0.05) is 29.0 Å². The maximum Gasteiger partial charge on any atom is 0.331 e. The van der Waals surface area contributed by atoms with E-state index in [0.29, 0.717) is 35.3 Å². The molecule has 1 aromatic rings. The minimum absolute atomic E-state index is 0.0177. The first-order valence-corrected chi connectivity index (χ1v) is 8.10. The number of ether oxygens (including phenoxy) is 1. The summed E-state index contributed by atoms with van der Waals surface area (Å²) in [5.74, 6) is -1.79. The summed E-state index contributed by atoms with van der Waals surface area (Å²) >= 11 is 0. The molecule has 1 aliphatic heterocycles. The van der Waals surface area contributed by atoms with Gasteiger partial charge in [-0.05, 0) is 50.5 Å². The molecule has 0 radical (unpaired) electrons. The van der Waals surface area contributed by atoms with Crippen LogP contribution in [0.3, 0.4) is 0 Å². The minimum atomic E-state index is -1.08. The number of carboxylic acid groups (broad SMARTS) is 2. The van der Waals surface area contributed by atoms with E-state index in [1.807, 2.05) is 13.8 Å². The standard InChI is InChI=1S/C19H20O6/c1-19(2)13-5-4-11(18(23)24)9-12(13)17-14(20)7-10(3-6-16(21)22)8-15(17)25-19/h3,6-9,12-13,20H,4-5H2,1-2H3,(H,21,22)(H,23,24)/b6-3+. The topological polar surface area (TPSA) is 104 Å². The Balaban J connectivity index is 2.12. The van der Waals surface area contributed by atoms with E-state index in [1.54, 1.807) is 12.1 Å². The quantitative estimate of drug-likeness (QED) is 0.728. The highest BCUT2D eigenvalue weighted by Crippen LogP contribution is 2.53. The molecule has 2 aliphatic rings. The van der Waals surface area contributed by atoms with Crippen LogP contribution >= 0.6 is 0 Å². The molecule has 1 heterocycles. The molecule has 3 N–H and O–H groups in total. The Morgan fingerprint density at radius 3 is 2.64 bits per heavy atom. The number of fused-ring (bicyclic) bond motifs is 3. The van der Waals surface area contributed by atoms with E-state index in [1.165, 1.54) is 12.1 Å². The first kappa shape index (κ1) is 17.1. The van der Waals surface area contributed by atoms with Crippen LogP contribution in [0.25, 0.3) is 6.08 Å². The monoisotopic (exact) mass is 344 g/mol. The summed E-state index contributed by atoms with van der Waals surface area (Å²) < 4.78 is 6.09. The van der Waals surface area contributed by atoms with Crippen LogP contribution in [0, 0.1) is 5.92 Å². The van der Waals surface area contributed by atoms with Crippen LogP contribution in [-0.4, -0.2) is 32.9 Å². The largest absolute Gasteiger partial charge is 0.507 e. The minimum Gasteiger partial charge on any atom is -0.507 e. The molecule has 0 saturated carbocycles. The number of carbonyl (C=O) groups is 2. The van der Waals surface area contributed by atoms with E-state index in [4.69, 9.17) is 9.84 Å². The molecule has 0 saturated heterocycles. The van der Waals surface area contributed by atoms with Crippen LogP contribution in [0.5, 0.6) is 11.5 Å². The molecule has 132 valence electrons. The van der Waals surface area contributed by atoms with Gasteiger partial charge < -0.3 is 20.1 Å². The molecule has 6 heteroatoms. The molecule has 6 nitrogen and oxygen atoms in total. The fourth-order valence-electron chi connectivity index (χ4n) is 3.82. The molecule has 3 rings (SSSR count). The van der Waals surface area contributed by atoms with Crippen LogP contribution in [0.2, 0.25) is 0 Å². The maximum atomic E-state index is 11.4. The molecular weight excluding hydrogens is 324 g/mol. The summed E-state index contributed by atoms with van der Waals surface area (Å²) in [5.41, 5.74) is 0.889. The highest BCUT2D eigenvalue weighted by molar-refractivity contribution is 5.87. The molecule has 1 aliphatic carbocycles. The van der Waals surface area contributed by atoms with Crippen molar-refractivity contribution in [1.82, 2.24) is 0 Å². The van der Waals surface area contributed by atoms with Crippen molar-refractivity contribution in [3.63, 3.8) is 0 Å². The van der Waals surface area contributed by atoms with E-state index in [9.17, 15) is 19.8 Å². The van der Waals surface area contributed by atoms with Gasteiger partial charge >= 0.3 is 11.9 Å². The number of benzene rings is 1. The lowest BCUT2D eigenvalue weighted by molar-refractivity contribution is -0.133. The molecule has 2 atom stereocenters. The van der Waals surface area contributed by atoms with E-state index in [0.717, 1.165) is 6.08 Å². The van der Waals surface area contributed by atoms with Crippen molar-refractivity contribution in [3.05, 3.63) is 41.0 Å². The van der Waals surface area contributed by atoms with Gasteiger partial charge in [0.1, 0.15) is 17.1 Å². The Morgan fingerprint density at radius 1 is 1.28 bits per heavy atom.